The Morgan fingerprint density at radius 1 is 1.14 bits per heavy atom. The number of phenols is 1. The van der Waals surface area contributed by atoms with Gasteiger partial charge in [-0.2, -0.15) is 0 Å². The van der Waals surface area contributed by atoms with Crippen LogP contribution in [0.2, 0.25) is 0 Å². The first kappa shape index (κ1) is 26.7. The highest BCUT2D eigenvalue weighted by Gasteiger charge is 2.39. The highest BCUT2D eigenvalue weighted by molar-refractivity contribution is 5.79. The average molecular weight is 480 g/mol. The van der Waals surface area contributed by atoms with Crippen LogP contribution in [0.3, 0.4) is 0 Å². The highest BCUT2D eigenvalue weighted by atomic mass is 16.3. The lowest BCUT2D eigenvalue weighted by molar-refractivity contribution is -0.126. The van der Waals surface area contributed by atoms with Crippen molar-refractivity contribution in [2.45, 2.75) is 51.9 Å². The molecule has 3 atom stereocenters. The van der Waals surface area contributed by atoms with Crippen molar-refractivity contribution in [3.63, 3.8) is 0 Å². The number of hydrogen-bond acceptors (Lipinski definition) is 4. The van der Waals surface area contributed by atoms with E-state index in [1.165, 1.54) is 5.56 Å². The zero-order chi connectivity index (χ0) is 25.3. The molecular formula is C29H41N3O3. The van der Waals surface area contributed by atoms with Crippen LogP contribution in [0.15, 0.2) is 54.6 Å². The molecule has 3 N–H and O–H groups in total. The maximum absolute atomic E-state index is 13.2. The van der Waals surface area contributed by atoms with Gasteiger partial charge >= 0.3 is 0 Å². The fourth-order valence-electron chi connectivity index (χ4n) is 5.11. The molecule has 1 saturated heterocycles. The van der Waals surface area contributed by atoms with Crippen LogP contribution >= 0.6 is 0 Å². The fourth-order valence-corrected chi connectivity index (χ4v) is 5.11. The van der Waals surface area contributed by atoms with Gasteiger partial charge in [-0.05, 0) is 67.3 Å². The number of nitrogens with zero attached hydrogens (tertiary/aromatic N) is 1. The molecule has 190 valence electrons. The standard InChI is InChI=1S/C29H41N3O3/c1-4-30-27(34)14-9-16-31-28(35)24(18-23-10-6-5-7-11-23)21-32-17-15-29(3,22(2)20-32)25-12-8-13-26(33)19-25/h5-8,10-13,19,22,24,33H,4,9,14-18,20-21H2,1-3H3,(H,30,34)(H,31,35). The Kier molecular flexibility index (Phi) is 9.73. The second kappa shape index (κ2) is 12.7. The number of rotatable bonds is 11. The summed E-state index contributed by atoms with van der Waals surface area (Å²) in [5.41, 5.74) is 2.32. The van der Waals surface area contributed by atoms with Crippen LogP contribution in [0.1, 0.15) is 51.2 Å². The third-order valence-electron chi connectivity index (χ3n) is 7.50. The van der Waals surface area contributed by atoms with E-state index in [0.29, 0.717) is 50.6 Å². The van der Waals surface area contributed by atoms with E-state index in [4.69, 9.17) is 0 Å². The molecule has 0 saturated carbocycles. The minimum Gasteiger partial charge on any atom is -0.508 e. The van der Waals surface area contributed by atoms with Crippen LogP contribution in [-0.2, 0) is 21.4 Å². The number of nitrogens with one attached hydrogen (secondary N) is 2. The quantitative estimate of drug-likeness (QED) is 0.427. The van der Waals surface area contributed by atoms with Gasteiger partial charge in [-0.25, -0.2) is 0 Å². The van der Waals surface area contributed by atoms with E-state index in [-0.39, 0.29) is 23.1 Å². The summed E-state index contributed by atoms with van der Waals surface area (Å²) in [5.74, 6) is 0.623. The minimum atomic E-state index is -0.154. The Morgan fingerprint density at radius 2 is 1.91 bits per heavy atom. The summed E-state index contributed by atoms with van der Waals surface area (Å²) < 4.78 is 0. The summed E-state index contributed by atoms with van der Waals surface area (Å²) in [6, 6.07) is 17.8. The Labute approximate surface area is 210 Å². The van der Waals surface area contributed by atoms with Gasteiger partial charge in [-0.15, -0.1) is 0 Å². The summed E-state index contributed by atoms with van der Waals surface area (Å²) >= 11 is 0. The van der Waals surface area contributed by atoms with Gasteiger partial charge in [0.15, 0.2) is 0 Å². The zero-order valence-corrected chi connectivity index (χ0v) is 21.4. The van der Waals surface area contributed by atoms with Gasteiger partial charge in [0, 0.05) is 32.6 Å². The molecule has 0 spiro atoms. The van der Waals surface area contributed by atoms with Gasteiger partial charge in [0.1, 0.15) is 5.75 Å². The number of amides is 2. The third kappa shape index (κ3) is 7.56. The molecular weight excluding hydrogens is 438 g/mol. The molecule has 2 amide bonds. The predicted octanol–water partition coefficient (Wildman–Crippen LogP) is 3.88. The second-order valence-corrected chi connectivity index (χ2v) is 10.1. The lowest BCUT2D eigenvalue weighted by Gasteiger charge is -2.45. The average Bonchev–Trinajstić information content (AvgIpc) is 2.84. The van der Waals surface area contributed by atoms with Crippen molar-refractivity contribution < 1.29 is 14.7 Å². The molecule has 0 aliphatic carbocycles. The van der Waals surface area contributed by atoms with Crippen LogP contribution in [-0.4, -0.2) is 54.5 Å². The van der Waals surface area contributed by atoms with Crippen LogP contribution in [0.25, 0.3) is 0 Å². The van der Waals surface area contributed by atoms with Crippen LogP contribution in [0.5, 0.6) is 5.75 Å². The summed E-state index contributed by atoms with van der Waals surface area (Å²) in [5, 5.41) is 15.9. The monoisotopic (exact) mass is 479 g/mol. The molecule has 3 rings (SSSR count). The lowest BCUT2D eigenvalue weighted by atomic mass is 9.68. The molecule has 1 aliphatic heterocycles. The van der Waals surface area contributed by atoms with Gasteiger partial charge in [0.25, 0.3) is 0 Å². The van der Waals surface area contributed by atoms with Gasteiger partial charge in [0.05, 0.1) is 5.92 Å². The number of carbonyl (C=O) groups is 2. The number of aromatic hydroxyl groups is 1. The van der Waals surface area contributed by atoms with Crippen molar-refractivity contribution in [2.24, 2.45) is 11.8 Å². The van der Waals surface area contributed by atoms with E-state index in [1.54, 1.807) is 6.07 Å². The van der Waals surface area contributed by atoms with Gasteiger partial charge in [-0.3, -0.25) is 9.59 Å². The number of piperidine rings is 1. The number of likely N-dealkylation sites (tertiary alicyclic amines) is 1. The topological polar surface area (TPSA) is 81.7 Å². The molecule has 6 nitrogen and oxygen atoms in total. The minimum absolute atomic E-state index is 0.00844. The van der Waals surface area contributed by atoms with Gasteiger partial charge in [-0.1, -0.05) is 56.3 Å². The SMILES string of the molecule is CCNC(=O)CCCNC(=O)C(Cc1ccccc1)CN1CCC(C)(c2cccc(O)c2)C(C)C1. The van der Waals surface area contributed by atoms with Crippen LogP contribution in [0, 0.1) is 11.8 Å². The third-order valence-corrected chi connectivity index (χ3v) is 7.50. The Balaban J connectivity index is 1.62. The van der Waals surface area contributed by atoms with Crippen molar-refractivity contribution in [1.29, 1.82) is 0 Å². The first-order valence-corrected chi connectivity index (χ1v) is 12.9. The van der Waals surface area contributed by atoms with Crippen molar-refractivity contribution in [1.82, 2.24) is 15.5 Å². The van der Waals surface area contributed by atoms with E-state index < -0.39 is 0 Å². The number of benzene rings is 2. The maximum Gasteiger partial charge on any atom is 0.224 e. The molecule has 1 heterocycles. The van der Waals surface area contributed by atoms with Crippen molar-refractivity contribution in [2.75, 3.05) is 32.7 Å². The lowest BCUT2D eigenvalue weighted by Crippen LogP contribution is -2.50. The molecule has 0 bridgehead atoms. The predicted molar refractivity (Wildman–Crippen MR) is 140 cm³/mol. The Morgan fingerprint density at radius 3 is 2.60 bits per heavy atom. The van der Waals surface area contributed by atoms with E-state index in [9.17, 15) is 14.7 Å². The van der Waals surface area contributed by atoms with Gasteiger partial charge < -0.3 is 20.6 Å². The van der Waals surface area contributed by atoms with Crippen molar-refractivity contribution in [3.8, 4) is 5.75 Å². The normalized spacial score (nSPS) is 21.3. The van der Waals surface area contributed by atoms with E-state index in [0.717, 1.165) is 25.1 Å². The number of carbonyl (C=O) groups excluding carboxylic acids is 2. The molecule has 1 fully saturated rings. The fraction of sp³-hybridized carbons (Fsp3) is 0.517. The molecule has 35 heavy (non-hydrogen) atoms. The van der Waals surface area contributed by atoms with E-state index in [2.05, 4.69) is 47.6 Å². The summed E-state index contributed by atoms with van der Waals surface area (Å²) in [7, 11) is 0. The second-order valence-electron chi connectivity index (χ2n) is 10.1. The zero-order valence-electron chi connectivity index (χ0n) is 21.4. The number of hydrogen-bond donors (Lipinski definition) is 3. The smallest absolute Gasteiger partial charge is 0.224 e. The first-order chi connectivity index (χ1) is 16.8. The van der Waals surface area contributed by atoms with Crippen LogP contribution < -0.4 is 10.6 Å². The van der Waals surface area contributed by atoms with Crippen molar-refractivity contribution in [3.05, 3.63) is 65.7 Å². The Bertz CT molecular complexity index is 965. The van der Waals surface area contributed by atoms with E-state index in [1.807, 2.05) is 37.3 Å². The Hall–Kier alpha value is -2.86. The van der Waals surface area contributed by atoms with Gasteiger partial charge in [0.2, 0.25) is 11.8 Å². The highest BCUT2D eigenvalue weighted by Crippen LogP contribution is 2.40. The molecule has 0 aromatic heterocycles. The summed E-state index contributed by atoms with van der Waals surface area (Å²) in [6.07, 6.45) is 2.73. The molecule has 1 aliphatic rings. The molecule has 2 aromatic rings. The first-order valence-electron chi connectivity index (χ1n) is 12.9. The summed E-state index contributed by atoms with van der Waals surface area (Å²) in [6.45, 7) is 10.1. The molecule has 6 heteroatoms. The van der Waals surface area contributed by atoms with Crippen LogP contribution in [0.4, 0.5) is 0 Å². The summed E-state index contributed by atoms with van der Waals surface area (Å²) in [4.78, 5) is 27.3. The molecule has 3 unspecified atom stereocenters. The van der Waals surface area contributed by atoms with Crippen molar-refractivity contribution >= 4 is 11.8 Å². The molecule has 0 radical (unpaired) electrons. The molecule has 2 aromatic carbocycles. The van der Waals surface area contributed by atoms with E-state index >= 15 is 0 Å². The largest absolute Gasteiger partial charge is 0.508 e. The maximum atomic E-state index is 13.2. The number of phenolic OH excluding ortho intramolecular Hbond substituents is 1.